The van der Waals surface area contributed by atoms with E-state index in [4.69, 9.17) is 5.11 Å². The molecule has 24 heavy (non-hydrogen) atoms. The van der Waals surface area contributed by atoms with Gasteiger partial charge in [0.1, 0.15) is 5.70 Å². The fourth-order valence-corrected chi connectivity index (χ4v) is 1.86. The second-order valence-electron chi connectivity index (χ2n) is 4.84. The number of carbonyl (C=O) groups excluding carboxylic acids is 1. The molecule has 0 spiro atoms. The third-order valence-corrected chi connectivity index (χ3v) is 3.03. The third kappa shape index (κ3) is 4.74. The second-order valence-corrected chi connectivity index (χ2v) is 4.84. The Kier molecular flexibility index (Phi) is 5.36. The molecule has 0 saturated heterocycles. The summed E-state index contributed by atoms with van der Waals surface area (Å²) in [4.78, 5) is 23.1. The van der Waals surface area contributed by atoms with Crippen LogP contribution in [0.3, 0.4) is 0 Å². The molecular weight excluding hydrogens is 310 g/mol. The van der Waals surface area contributed by atoms with Crippen molar-refractivity contribution in [1.29, 1.82) is 0 Å². The van der Waals surface area contributed by atoms with E-state index in [1.54, 1.807) is 30.3 Å². The van der Waals surface area contributed by atoms with Crippen molar-refractivity contribution >= 4 is 24.0 Å². The first-order chi connectivity index (χ1) is 11.5. The summed E-state index contributed by atoms with van der Waals surface area (Å²) >= 11 is 0. The van der Waals surface area contributed by atoms with E-state index in [1.807, 2.05) is 0 Å². The number of amides is 1. The van der Waals surface area contributed by atoms with Crippen LogP contribution in [0.4, 0.5) is 0 Å². The van der Waals surface area contributed by atoms with Gasteiger partial charge in [0.15, 0.2) is 11.5 Å². The number of rotatable bonds is 5. The van der Waals surface area contributed by atoms with Gasteiger partial charge in [0.2, 0.25) is 5.91 Å². The van der Waals surface area contributed by atoms with Crippen molar-refractivity contribution in [2.24, 2.45) is 0 Å². The number of carboxylic acid groups (broad SMARTS) is 1. The number of hydrogen-bond donors (Lipinski definition) is 4. The lowest BCUT2D eigenvalue weighted by Crippen LogP contribution is -2.25. The highest BCUT2D eigenvalue weighted by atomic mass is 16.4. The zero-order chi connectivity index (χ0) is 17.5. The Morgan fingerprint density at radius 2 is 1.62 bits per heavy atom. The van der Waals surface area contributed by atoms with E-state index < -0.39 is 11.9 Å². The van der Waals surface area contributed by atoms with Gasteiger partial charge >= 0.3 is 5.97 Å². The standard InChI is InChI=1S/C18H15NO5/c20-15-8-6-13(11-16(15)21)7-9-17(22)19-14(18(23)24)10-12-4-2-1-3-5-12/h1-11,20-21H,(H,19,22)(H,23,24)/b9-7+,14-10-. The molecule has 0 bridgehead atoms. The number of hydrogen-bond acceptors (Lipinski definition) is 4. The highest BCUT2D eigenvalue weighted by molar-refractivity contribution is 6.01. The first-order valence-electron chi connectivity index (χ1n) is 6.97. The van der Waals surface area contributed by atoms with E-state index in [2.05, 4.69) is 5.32 Å². The monoisotopic (exact) mass is 325 g/mol. The molecule has 0 aliphatic heterocycles. The molecule has 6 nitrogen and oxygen atoms in total. The van der Waals surface area contributed by atoms with Crippen LogP contribution in [-0.2, 0) is 9.59 Å². The summed E-state index contributed by atoms with van der Waals surface area (Å²) < 4.78 is 0. The number of aliphatic carboxylic acids is 1. The maximum absolute atomic E-state index is 11.9. The zero-order valence-corrected chi connectivity index (χ0v) is 12.5. The number of aromatic hydroxyl groups is 2. The fraction of sp³-hybridized carbons (Fsp3) is 0. The van der Waals surface area contributed by atoms with Crippen LogP contribution in [-0.4, -0.2) is 27.2 Å². The van der Waals surface area contributed by atoms with Gasteiger partial charge < -0.3 is 20.6 Å². The van der Waals surface area contributed by atoms with Gasteiger partial charge in [0.25, 0.3) is 0 Å². The average molecular weight is 325 g/mol. The minimum atomic E-state index is -1.26. The van der Waals surface area contributed by atoms with E-state index in [0.29, 0.717) is 11.1 Å². The molecule has 122 valence electrons. The Labute approximate surface area is 138 Å². The quantitative estimate of drug-likeness (QED) is 0.499. The Hall–Kier alpha value is -3.54. The van der Waals surface area contributed by atoms with Crippen LogP contribution < -0.4 is 5.32 Å². The van der Waals surface area contributed by atoms with E-state index >= 15 is 0 Å². The molecule has 2 rings (SSSR count). The average Bonchev–Trinajstić information content (AvgIpc) is 2.56. The van der Waals surface area contributed by atoms with Crippen molar-refractivity contribution in [3.05, 3.63) is 71.4 Å². The fourth-order valence-electron chi connectivity index (χ4n) is 1.86. The summed E-state index contributed by atoms with van der Waals surface area (Å²) in [6.45, 7) is 0. The molecule has 0 unspecified atom stereocenters. The molecule has 0 heterocycles. The second kappa shape index (κ2) is 7.64. The Morgan fingerprint density at radius 1 is 0.917 bits per heavy atom. The minimum absolute atomic E-state index is 0.260. The molecule has 0 aromatic heterocycles. The first kappa shape index (κ1) is 16.8. The maximum atomic E-state index is 11.9. The molecule has 0 aliphatic rings. The lowest BCUT2D eigenvalue weighted by molar-refractivity contribution is -0.134. The van der Waals surface area contributed by atoms with Gasteiger partial charge in [-0.25, -0.2) is 4.79 Å². The zero-order valence-electron chi connectivity index (χ0n) is 12.5. The molecule has 2 aromatic rings. The van der Waals surface area contributed by atoms with Gasteiger partial charge in [0, 0.05) is 6.08 Å². The number of carboxylic acids is 1. The van der Waals surface area contributed by atoms with Gasteiger partial charge in [-0.3, -0.25) is 4.79 Å². The van der Waals surface area contributed by atoms with Crippen molar-refractivity contribution in [3.63, 3.8) is 0 Å². The summed E-state index contributed by atoms with van der Waals surface area (Å²) in [7, 11) is 0. The lowest BCUT2D eigenvalue weighted by Gasteiger charge is -2.03. The molecular formula is C18H15NO5. The molecule has 0 saturated carbocycles. The highest BCUT2D eigenvalue weighted by Crippen LogP contribution is 2.25. The summed E-state index contributed by atoms with van der Waals surface area (Å²) in [5.74, 6) is -2.47. The van der Waals surface area contributed by atoms with E-state index in [0.717, 1.165) is 6.08 Å². The Morgan fingerprint density at radius 3 is 2.25 bits per heavy atom. The van der Waals surface area contributed by atoms with Crippen molar-refractivity contribution in [3.8, 4) is 11.5 Å². The van der Waals surface area contributed by atoms with Gasteiger partial charge in [-0.05, 0) is 35.4 Å². The van der Waals surface area contributed by atoms with Gasteiger partial charge in [-0.1, -0.05) is 36.4 Å². The molecule has 0 aliphatic carbocycles. The summed E-state index contributed by atoms with van der Waals surface area (Å²) in [6.07, 6.45) is 3.87. The molecule has 4 N–H and O–H groups in total. The van der Waals surface area contributed by atoms with Crippen molar-refractivity contribution < 1.29 is 24.9 Å². The predicted molar refractivity (Wildman–Crippen MR) is 89.0 cm³/mol. The SMILES string of the molecule is O=C(/C=C/c1ccc(O)c(O)c1)N/C(=C\c1ccccc1)C(=O)O. The smallest absolute Gasteiger partial charge is 0.352 e. The molecule has 1 amide bonds. The van der Waals surface area contributed by atoms with Gasteiger partial charge in [-0.15, -0.1) is 0 Å². The lowest BCUT2D eigenvalue weighted by atomic mass is 10.2. The molecule has 0 fully saturated rings. The summed E-state index contributed by atoms with van der Waals surface area (Å²) in [6, 6.07) is 12.8. The Bertz CT molecular complexity index is 809. The van der Waals surface area contributed by atoms with Crippen LogP contribution in [0.15, 0.2) is 60.3 Å². The van der Waals surface area contributed by atoms with Crippen LogP contribution in [0.1, 0.15) is 11.1 Å². The molecule has 6 heteroatoms. The third-order valence-electron chi connectivity index (χ3n) is 3.03. The van der Waals surface area contributed by atoms with Crippen LogP contribution in [0.25, 0.3) is 12.2 Å². The number of benzene rings is 2. The van der Waals surface area contributed by atoms with E-state index in [9.17, 15) is 19.8 Å². The number of carbonyl (C=O) groups is 2. The topological polar surface area (TPSA) is 107 Å². The highest BCUT2D eigenvalue weighted by Gasteiger charge is 2.10. The van der Waals surface area contributed by atoms with Crippen molar-refractivity contribution in [1.82, 2.24) is 5.32 Å². The number of phenolic OH excluding ortho intramolecular Hbond substituents is 2. The summed E-state index contributed by atoms with van der Waals surface area (Å²) in [5, 5.41) is 30.0. The minimum Gasteiger partial charge on any atom is -0.504 e. The molecule has 0 atom stereocenters. The van der Waals surface area contributed by atoms with Crippen molar-refractivity contribution in [2.45, 2.75) is 0 Å². The number of nitrogens with one attached hydrogen (secondary N) is 1. The van der Waals surface area contributed by atoms with Crippen LogP contribution in [0.5, 0.6) is 11.5 Å². The van der Waals surface area contributed by atoms with Gasteiger partial charge in [-0.2, -0.15) is 0 Å². The summed E-state index contributed by atoms with van der Waals surface area (Å²) in [5.41, 5.74) is 0.858. The molecule has 2 aromatic carbocycles. The first-order valence-corrected chi connectivity index (χ1v) is 6.97. The Balaban J connectivity index is 2.11. The normalized spacial score (nSPS) is 11.4. The van der Waals surface area contributed by atoms with E-state index in [-0.39, 0.29) is 17.2 Å². The van der Waals surface area contributed by atoms with Crippen LogP contribution >= 0.6 is 0 Å². The number of phenols is 2. The van der Waals surface area contributed by atoms with Crippen LogP contribution in [0.2, 0.25) is 0 Å². The largest absolute Gasteiger partial charge is 0.504 e. The predicted octanol–water partition coefficient (Wildman–Crippen LogP) is 2.35. The van der Waals surface area contributed by atoms with Gasteiger partial charge in [0.05, 0.1) is 0 Å². The molecule has 0 radical (unpaired) electrons. The van der Waals surface area contributed by atoms with Crippen molar-refractivity contribution in [2.75, 3.05) is 0 Å². The van der Waals surface area contributed by atoms with Crippen LogP contribution in [0, 0.1) is 0 Å². The maximum Gasteiger partial charge on any atom is 0.352 e. The van der Waals surface area contributed by atoms with E-state index in [1.165, 1.54) is 30.4 Å².